The van der Waals surface area contributed by atoms with E-state index in [2.05, 4.69) is 17.2 Å². The van der Waals surface area contributed by atoms with Crippen molar-refractivity contribution in [3.8, 4) is 0 Å². The molecule has 3 nitrogen and oxygen atoms in total. The van der Waals surface area contributed by atoms with Crippen LogP contribution in [0.4, 0.5) is 0 Å². The first-order valence-electron chi connectivity index (χ1n) is 4.92. The predicted octanol–water partition coefficient (Wildman–Crippen LogP) is 1.25. The summed E-state index contributed by atoms with van der Waals surface area (Å²) in [5, 5.41) is 12.5. The maximum absolute atomic E-state index is 9.29. The van der Waals surface area contributed by atoms with E-state index in [1.807, 2.05) is 19.2 Å². The Balaban J connectivity index is 2.50. The first-order valence-corrected chi connectivity index (χ1v) is 4.92. The van der Waals surface area contributed by atoms with Crippen LogP contribution < -0.4 is 5.32 Å². The van der Waals surface area contributed by atoms with Crippen LogP contribution in [-0.2, 0) is 6.54 Å². The van der Waals surface area contributed by atoms with Gasteiger partial charge in [0.05, 0.1) is 6.10 Å². The molecule has 1 aromatic rings. The molecule has 14 heavy (non-hydrogen) atoms. The number of pyridine rings is 1. The summed E-state index contributed by atoms with van der Waals surface area (Å²) in [6, 6.07) is 2.10. The Morgan fingerprint density at radius 2 is 2.21 bits per heavy atom. The zero-order valence-corrected chi connectivity index (χ0v) is 8.99. The van der Waals surface area contributed by atoms with Crippen molar-refractivity contribution in [3.05, 3.63) is 29.6 Å². The van der Waals surface area contributed by atoms with Gasteiger partial charge in [0.15, 0.2) is 0 Å². The second-order valence-electron chi connectivity index (χ2n) is 3.71. The van der Waals surface area contributed by atoms with Crippen molar-refractivity contribution in [1.82, 2.24) is 10.3 Å². The molecule has 0 saturated carbocycles. The van der Waals surface area contributed by atoms with Crippen LogP contribution in [0.25, 0.3) is 0 Å². The third kappa shape index (κ3) is 3.09. The minimum atomic E-state index is -0.327. The average Bonchev–Trinajstić information content (AvgIpc) is 2.16. The zero-order valence-electron chi connectivity index (χ0n) is 8.99. The number of nitrogens with one attached hydrogen (secondary N) is 1. The Morgan fingerprint density at radius 3 is 2.79 bits per heavy atom. The van der Waals surface area contributed by atoms with Crippen LogP contribution in [0, 0.1) is 6.92 Å². The molecular weight excluding hydrogens is 176 g/mol. The molecule has 0 aliphatic heterocycles. The molecule has 0 aliphatic rings. The molecular formula is C11H18N2O. The zero-order chi connectivity index (χ0) is 10.6. The highest BCUT2D eigenvalue weighted by molar-refractivity contribution is 5.21. The van der Waals surface area contributed by atoms with Crippen molar-refractivity contribution >= 4 is 0 Å². The van der Waals surface area contributed by atoms with Gasteiger partial charge >= 0.3 is 0 Å². The number of hydrogen-bond acceptors (Lipinski definition) is 3. The average molecular weight is 194 g/mol. The topological polar surface area (TPSA) is 45.2 Å². The van der Waals surface area contributed by atoms with Gasteiger partial charge in [-0.05, 0) is 38.0 Å². The van der Waals surface area contributed by atoms with Gasteiger partial charge < -0.3 is 10.4 Å². The van der Waals surface area contributed by atoms with Crippen molar-refractivity contribution in [2.75, 3.05) is 0 Å². The Kier molecular flexibility index (Phi) is 4.04. The van der Waals surface area contributed by atoms with E-state index in [0.29, 0.717) is 0 Å². The van der Waals surface area contributed by atoms with Gasteiger partial charge in [-0.25, -0.2) is 0 Å². The second-order valence-corrected chi connectivity index (χ2v) is 3.71. The lowest BCUT2D eigenvalue weighted by Gasteiger charge is -2.16. The molecule has 1 rings (SSSR count). The fraction of sp³-hybridized carbons (Fsp3) is 0.545. The fourth-order valence-corrected chi connectivity index (χ4v) is 1.12. The number of rotatable bonds is 4. The van der Waals surface area contributed by atoms with Crippen LogP contribution in [-0.4, -0.2) is 22.2 Å². The second kappa shape index (κ2) is 5.08. The Labute approximate surface area is 85.2 Å². The van der Waals surface area contributed by atoms with E-state index in [0.717, 1.165) is 6.54 Å². The normalized spacial score (nSPS) is 15.1. The van der Waals surface area contributed by atoms with Gasteiger partial charge in [-0.1, -0.05) is 0 Å². The molecule has 1 aromatic heterocycles. The lowest BCUT2D eigenvalue weighted by Crippen LogP contribution is -2.35. The van der Waals surface area contributed by atoms with Gasteiger partial charge in [-0.2, -0.15) is 0 Å². The highest BCUT2D eigenvalue weighted by Gasteiger charge is 2.07. The molecule has 78 valence electrons. The molecule has 0 saturated heterocycles. The van der Waals surface area contributed by atoms with E-state index in [-0.39, 0.29) is 12.1 Å². The molecule has 2 N–H and O–H groups in total. The van der Waals surface area contributed by atoms with Crippen LogP contribution in [0.15, 0.2) is 18.5 Å². The maximum Gasteiger partial charge on any atom is 0.0662 e. The minimum absolute atomic E-state index is 0.106. The van der Waals surface area contributed by atoms with Crippen molar-refractivity contribution in [2.24, 2.45) is 0 Å². The van der Waals surface area contributed by atoms with E-state index in [1.165, 1.54) is 11.1 Å². The Bertz CT molecular complexity index is 286. The smallest absolute Gasteiger partial charge is 0.0662 e. The van der Waals surface area contributed by atoms with Crippen LogP contribution >= 0.6 is 0 Å². The van der Waals surface area contributed by atoms with Crippen LogP contribution in [0.3, 0.4) is 0 Å². The Morgan fingerprint density at radius 1 is 1.50 bits per heavy atom. The number of aliphatic hydroxyl groups excluding tert-OH is 1. The summed E-state index contributed by atoms with van der Waals surface area (Å²) >= 11 is 0. The monoisotopic (exact) mass is 194 g/mol. The molecule has 0 fully saturated rings. The predicted molar refractivity (Wildman–Crippen MR) is 57.0 cm³/mol. The number of aromatic nitrogens is 1. The molecule has 0 aromatic carbocycles. The number of hydrogen-bond donors (Lipinski definition) is 2. The standard InChI is InChI=1S/C11H18N2O/c1-8-4-5-12-6-11(8)7-13-9(2)10(3)14/h4-6,9-10,13-14H,7H2,1-3H3. The first kappa shape index (κ1) is 11.1. The molecule has 3 heteroatoms. The molecule has 2 unspecified atom stereocenters. The van der Waals surface area contributed by atoms with Crippen LogP contribution in [0.2, 0.25) is 0 Å². The third-order valence-corrected chi connectivity index (χ3v) is 2.49. The van der Waals surface area contributed by atoms with Crippen LogP contribution in [0.1, 0.15) is 25.0 Å². The SMILES string of the molecule is Cc1ccncc1CNC(C)C(C)O. The van der Waals surface area contributed by atoms with Gasteiger partial charge in [0, 0.05) is 25.0 Å². The molecule has 1 heterocycles. The molecule has 0 amide bonds. The number of aryl methyl sites for hydroxylation is 1. The number of aliphatic hydroxyl groups is 1. The highest BCUT2D eigenvalue weighted by Crippen LogP contribution is 2.04. The van der Waals surface area contributed by atoms with E-state index in [4.69, 9.17) is 0 Å². The highest BCUT2D eigenvalue weighted by atomic mass is 16.3. The summed E-state index contributed by atoms with van der Waals surface area (Å²) in [6.07, 6.45) is 3.32. The summed E-state index contributed by atoms with van der Waals surface area (Å²) in [5.74, 6) is 0. The van der Waals surface area contributed by atoms with E-state index in [9.17, 15) is 5.11 Å². The van der Waals surface area contributed by atoms with E-state index in [1.54, 1.807) is 13.1 Å². The molecule has 2 atom stereocenters. The quantitative estimate of drug-likeness (QED) is 0.758. The molecule has 0 radical (unpaired) electrons. The minimum Gasteiger partial charge on any atom is -0.392 e. The molecule has 0 aliphatic carbocycles. The van der Waals surface area contributed by atoms with Crippen molar-refractivity contribution in [1.29, 1.82) is 0 Å². The lowest BCUT2D eigenvalue weighted by molar-refractivity contribution is 0.152. The summed E-state index contributed by atoms with van der Waals surface area (Å²) in [5.41, 5.74) is 2.41. The van der Waals surface area contributed by atoms with Gasteiger partial charge in [-0.15, -0.1) is 0 Å². The largest absolute Gasteiger partial charge is 0.392 e. The maximum atomic E-state index is 9.29. The van der Waals surface area contributed by atoms with E-state index >= 15 is 0 Å². The summed E-state index contributed by atoms with van der Waals surface area (Å²) in [7, 11) is 0. The van der Waals surface area contributed by atoms with Gasteiger partial charge in [0.2, 0.25) is 0 Å². The van der Waals surface area contributed by atoms with Crippen LogP contribution in [0.5, 0.6) is 0 Å². The summed E-state index contributed by atoms with van der Waals surface area (Å²) in [4.78, 5) is 4.07. The molecule has 0 bridgehead atoms. The van der Waals surface area contributed by atoms with Crippen molar-refractivity contribution < 1.29 is 5.11 Å². The molecule has 0 spiro atoms. The van der Waals surface area contributed by atoms with Crippen molar-refractivity contribution in [3.63, 3.8) is 0 Å². The van der Waals surface area contributed by atoms with Gasteiger partial charge in [0.25, 0.3) is 0 Å². The van der Waals surface area contributed by atoms with Gasteiger partial charge in [0.1, 0.15) is 0 Å². The van der Waals surface area contributed by atoms with E-state index < -0.39 is 0 Å². The van der Waals surface area contributed by atoms with Crippen molar-refractivity contribution in [2.45, 2.75) is 39.5 Å². The summed E-state index contributed by atoms with van der Waals surface area (Å²) in [6.45, 7) is 6.57. The van der Waals surface area contributed by atoms with Gasteiger partial charge in [-0.3, -0.25) is 4.98 Å². The first-order chi connectivity index (χ1) is 6.61. The Hall–Kier alpha value is -0.930. The fourth-order valence-electron chi connectivity index (χ4n) is 1.12. The number of nitrogens with zero attached hydrogens (tertiary/aromatic N) is 1. The summed E-state index contributed by atoms with van der Waals surface area (Å²) < 4.78 is 0. The third-order valence-electron chi connectivity index (χ3n) is 2.49. The lowest BCUT2D eigenvalue weighted by atomic mass is 10.1.